The van der Waals surface area contributed by atoms with E-state index in [2.05, 4.69) is 0 Å². The predicted octanol–water partition coefficient (Wildman–Crippen LogP) is 2.83. The molecule has 2 rings (SSSR count). The van der Waals surface area contributed by atoms with Gasteiger partial charge in [-0.05, 0) is 44.9 Å². The number of aromatic hydroxyl groups is 1. The molecule has 0 radical (unpaired) electrons. The van der Waals surface area contributed by atoms with Gasteiger partial charge in [0.2, 0.25) is 0 Å². The lowest BCUT2D eigenvalue weighted by molar-refractivity contribution is -0.123. The van der Waals surface area contributed by atoms with Gasteiger partial charge in [0.15, 0.2) is 6.29 Å². The van der Waals surface area contributed by atoms with Gasteiger partial charge in [-0.1, -0.05) is 0 Å². The first kappa shape index (κ1) is 10.3. The van der Waals surface area contributed by atoms with E-state index in [-0.39, 0.29) is 12.4 Å². The van der Waals surface area contributed by atoms with Crippen LogP contribution in [-0.2, 0) is 4.74 Å². The zero-order chi connectivity index (χ0) is 11.2. The van der Waals surface area contributed by atoms with E-state index < -0.39 is 0 Å². The first-order valence-electron chi connectivity index (χ1n) is 5.16. The van der Waals surface area contributed by atoms with Gasteiger partial charge >= 0.3 is 0 Å². The smallest absolute Gasteiger partial charge is 0.197 e. The van der Waals surface area contributed by atoms with Gasteiger partial charge < -0.3 is 14.6 Å². The van der Waals surface area contributed by atoms with Crippen LogP contribution in [0.1, 0.15) is 36.6 Å². The van der Waals surface area contributed by atoms with Gasteiger partial charge in [-0.25, -0.2) is 0 Å². The monoisotopic (exact) mass is 208 g/mol. The highest BCUT2D eigenvalue weighted by Crippen LogP contribution is 2.41. The van der Waals surface area contributed by atoms with E-state index in [1.807, 2.05) is 27.7 Å². The fourth-order valence-electron chi connectivity index (χ4n) is 1.91. The molecule has 0 saturated carbocycles. The van der Waals surface area contributed by atoms with Gasteiger partial charge in [0, 0.05) is 5.56 Å². The molecule has 0 unspecified atom stereocenters. The molecule has 0 aliphatic carbocycles. The molecule has 1 heterocycles. The molecule has 0 saturated heterocycles. The van der Waals surface area contributed by atoms with Crippen LogP contribution in [0, 0.1) is 13.8 Å². The van der Waals surface area contributed by atoms with E-state index in [4.69, 9.17) is 9.47 Å². The topological polar surface area (TPSA) is 38.7 Å². The molecule has 82 valence electrons. The molecule has 0 amide bonds. The van der Waals surface area contributed by atoms with Crippen molar-refractivity contribution in [2.45, 2.75) is 40.1 Å². The number of ether oxygens (including phenoxy) is 2. The van der Waals surface area contributed by atoms with Crippen LogP contribution in [0.15, 0.2) is 6.07 Å². The molecule has 2 atom stereocenters. The zero-order valence-corrected chi connectivity index (χ0v) is 9.50. The molecule has 0 spiro atoms. The van der Waals surface area contributed by atoms with E-state index in [0.717, 1.165) is 22.4 Å². The number of phenolic OH excluding ortho intramolecular Hbond substituents is 1. The van der Waals surface area contributed by atoms with Crippen LogP contribution in [0.25, 0.3) is 0 Å². The maximum absolute atomic E-state index is 9.73. The van der Waals surface area contributed by atoms with Crippen molar-refractivity contribution < 1.29 is 14.6 Å². The zero-order valence-electron chi connectivity index (χ0n) is 9.50. The second-order valence-corrected chi connectivity index (χ2v) is 4.03. The predicted molar refractivity (Wildman–Crippen MR) is 57.2 cm³/mol. The molecule has 3 nitrogen and oxygen atoms in total. The van der Waals surface area contributed by atoms with E-state index in [0.29, 0.717) is 5.75 Å². The highest BCUT2D eigenvalue weighted by molar-refractivity contribution is 5.53. The largest absolute Gasteiger partial charge is 0.508 e. The number of hydrogen-bond donors (Lipinski definition) is 1. The Labute approximate surface area is 89.6 Å². The third-order valence-electron chi connectivity index (χ3n) is 2.96. The summed E-state index contributed by atoms with van der Waals surface area (Å²) in [6.45, 7) is 7.69. The second-order valence-electron chi connectivity index (χ2n) is 4.03. The summed E-state index contributed by atoms with van der Waals surface area (Å²) >= 11 is 0. The summed E-state index contributed by atoms with van der Waals surface area (Å²) in [6.07, 6.45) is -0.260. The molecule has 1 aromatic carbocycles. The van der Waals surface area contributed by atoms with Crippen molar-refractivity contribution in [3.63, 3.8) is 0 Å². The Morgan fingerprint density at radius 3 is 2.53 bits per heavy atom. The molecule has 1 aliphatic rings. The highest BCUT2D eigenvalue weighted by atomic mass is 16.7. The Morgan fingerprint density at radius 1 is 1.20 bits per heavy atom. The van der Waals surface area contributed by atoms with Crippen LogP contribution in [0.3, 0.4) is 0 Å². The summed E-state index contributed by atoms with van der Waals surface area (Å²) in [7, 11) is 0. The average Bonchev–Trinajstić information content (AvgIpc) is 2.17. The molecular formula is C12H16O3. The van der Waals surface area contributed by atoms with Gasteiger partial charge in [0.25, 0.3) is 0 Å². The molecule has 1 N–H and O–H groups in total. The van der Waals surface area contributed by atoms with Crippen molar-refractivity contribution in [2.75, 3.05) is 0 Å². The van der Waals surface area contributed by atoms with Crippen molar-refractivity contribution in [2.24, 2.45) is 0 Å². The van der Waals surface area contributed by atoms with E-state index in [1.165, 1.54) is 0 Å². The molecule has 0 bridgehead atoms. The summed E-state index contributed by atoms with van der Waals surface area (Å²) in [5, 5.41) is 9.73. The highest BCUT2D eigenvalue weighted by Gasteiger charge is 2.26. The van der Waals surface area contributed by atoms with Crippen LogP contribution in [-0.4, -0.2) is 11.4 Å². The fourth-order valence-corrected chi connectivity index (χ4v) is 1.91. The summed E-state index contributed by atoms with van der Waals surface area (Å²) in [4.78, 5) is 0. The van der Waals surface area contributed by atoms with Gasteiger partial charge in [-0.15, -0.1) is 0 Å². The Hall–Kier alpha value is -1.22. The molecule has 0 fully saturated rings. The first-order valence-corrected chi connectivity index (χ1v) is 5.16. The molecular weight excluding hydrogens is 192 g/mol. The normalized spacial score (nSPS) is 24.5. The van der Waals surface area contributed by atoms with Crippen molar-refractivity contribution >= 4 is 0 Å². The summed E-state index contributed by atoms with van der Waals surface area (Å²) in [6, 6.07) is 1.73. The Balaban J connectivity index is 2.60. The summed E-state index contributed by atoms with van der Waals surface area (Å²) in [5.74, 6) is 1.16. The minimum absolute atomic E-state index is 0.0334. The molecule has 3 heteroatoms. The van der Waals surface area contributed by atoms with Gasteiger partial charge in [-0.2, -0.15) is 0 Å². The van der Waals surface area contributed by atoms with Crippen LogP contribution in [0.2, 0.25) is 0 Å². The molecule has 1 aliphatic heterocycles. The van der Waals surface area contributed by atoms with Gasteiger partial charge in [0.05, 0.1) is 6.10 Å². The molecule has 1 aromatic rings. The number of hydrogen-bond acceptors (Lipinski definition) is 3. The first-order chi connectivity index (χ1) is 7.00. The number of benzene rings is 1. The lowest BCUT2D eigenvalue weighted by atomic mass is 9.99. The van der Waals surface area contributed by atoms with Crippen molar-refractivity contribution in [3.8, 4) is 11.5 Å². The van der Waals surface area contributed by atoms with Crippen LogP contribution in [0.4, 0.5) is 0 Å². The second kappa shape index (κ2) is 3.42. The minimum atomic E-state index is -0.227. The Bertz CT molecular complexity index is 398. The Morgan fingerprint density at radius 2 is 1.87 bits per heavy atom. The minimum Gasteiger partial charge on any atom is -0.508 e. The summed E-state index contributed by atoms with van der Waals surface area (Å²) < 4.78 is 11.2. The third kappa shape index (κ3) is 1.57. The van der Waals surface area contributed by atoms with Crippen LogP contribution in [0.5, 0.6) is 11.5 Å². The number of rotatable bonds is 0. The molecule has 0 aromatic heterocycles. The molecule has 15 heavy (non-hydrogen) atoms. The van der Waals surface area contributed by atoms with E-state index >= 15 is 0 Å². The van der Waals surface area contributed by atoms with E-state index in [9.17, 15) is 5.11 Å². The van der Waals surface area contributed by atoms with E-state index in [1.54, 1.807) is 6.07 Å². The van der Waals surface area contributed by atoms with Crippen LogP contribution >= 0.6 is 0 Å². The van der Waals surface area contributed by atoms with Gasteiger partial charge in [0.1, 0.15) is 11.5 Å². The van der Waals surface area contributed by atoms with Crippen molar-refractivity contribution in [3.05, 3.63) is 22.8 Å². The van der Waals surface area contributed by atoms with Crippen molar-refractivity contribution in [1.82, 2.24) is 0 Å². The third-order valence-corrected chi connectivity index (χ3v) is 2.96. The number of phenols is 1. The Kier molecular flexibility index (Phi) is 2.35. The fraction of sp³-hybridized carbons (Fsp3) is 0.500. The SMILES string of the molecule is Cc1c(O)cc2c(c1C)O[C@@H](C)O[C@@H]2C. The maximum atomic E-state index is 9.73. The quantitative estimate of drug-likeness (QED) is 0.712. The number of fused-ring (bicyclic) bond motifs is 1. The lowest BCUT2D eigenvalue weighted by Gasteiger charge is -2.30. The maximum Gasteiger partial charge on any atom is 0.197 e. The van der Waals surface area contributed by atoms with Crippen LogP contribution < -0.4 is 4.74 Å². The average molecular weight is 208 g/mol. The lowest BCUT2D eigenvalue weighted by Crippen LogP contribution is -2.25. The van der Waals surface area contributed by atoms with Crippen molar-refractivity contribution in [1.29, 1.82) is 0 Å². The standard InChI is InChI=1S/C12H16O3/c1-6-7(2)12-10(5-11(6)13)8(3)14-9(4)15-12/h5,8-9,13H,1-4H3/t8-,9+/m1/s1. The van der Waals surface area contributed by atoms with Gasteiger partial charge in [-0.3, -0.25) is 0 Å². The summed E-state index contributed by atoms with van der Waals surface area (Å²) in [5.41, 5.74) is 2.79.